The van der Waals surface area contributed by atoms with Crippen molar-refractivity contribution in [1.29, 1.82) is 0 Å². The van der Waals surface area contributed by atoms with Gasteiger partial charge in [-0.05, 0) is 91.5 Å². The molecule has 7 nitrogen and oxygen atoms in total. The summed E-state index contributed by atoms with van der Waals surface area (Å²) in [5.41, 5.74) is 0.694. The van der Waals surface area contributed by atoms with E-state index in [1.165, 1.54) is 0 Å². The molecule has 0 spiro atoms. The molecule has 168 valence electrons. The third-order valence-corrected chi connectivity index (χ3v) is 6.36. The Morgan fingerprint density at radius 3 is 2.58 bits per heavy atom. The van der Waals surface area contributed by atoms with Gasteiger partial charge < -0.3 is 14.4 Å². The highest BCUT2D eigenvalue weighted by molar-refractivity contribution is 9.10. The average Bonchev–Trinajstić information content (AvgIpc) is 2.98. The summed E-state index contributed by atoms with van der Waals surface area (Å²) in [7, 11) is 0. The number of thioether (sulfide) groups is 1. The number of rotatable bonds is 7. The smallest absolute Gasteiger partial charge is 0.294 e. The van der Waals surface area contributed by atoms with Gasteiger partial charge in [0, 0.05) is 13.1 Å². The second-order valence-corrected chi connectivity index (χ2v) is 9.49. The van der Waals surface area contributed by atoms with Gasteiger partial charge in [-0.2, -0.15) is 0 Å². The Kier molecular flexibility index (Phi) is 8.05. The third kappa shape index (κ3) is 5.83. The van der Waals surface area contributed by atoms with Gasteiger partial charge in [0.25, 0.3) is 11.1 Å². The van der Waals surface area contributed by atoms with Crippen LogP contribution in [-0.2, 0) is 9.59 Å². The van der Waals surface area contributed by atoms with Crippen molar-refractivity contribution in [2.75, 3.05) is 26.2 Å². The fraction of sp³-hybridized carbons (Fsp3) is 0.500. The van der Waals surface area contributed by atoms with E-state index in [4.69, 9.17) is 9.47 Å². The molecule has 0 saturated carbocycles. The summed E-state index contributed by atoms with van der Waals surface area (Å²) in [6.45, 7) is 7.35. The highest BCUT2D eigenvalue weighted by Crippen LogP contribution is 2.39. The molecule has 0 aromatic heterocycles. The minimum atomic E-state index is -0.447. The van der Waals surface area contributed by atoms with Crippen LogP contribution in [0.2, 0.25) is 0 Å². The Balaban J connectivity index is 1.79. The summed E-state index contributed by atoms with van der Waals surface area (Å²) >= 11 is 4.35. The molecule has 1 aromatic carbocycles. The van der Waals surface area contributed by atoms with Crippen molar-refractivity contribution in [3.05, 3.63) is 27.1 Å². The first-order valence-electron chi connectivity index (χ1n) is 10.5. The van der Waals surface area contributed by atoms with Crippen LogP contribution in [-0.4, -0.2) is 59.2 Å². The molecule has 3 rings (SSSR count). The van der Waals surface area contributed by atoms with E-state index in [2.05, 4.69) is 15.9 Å². The lowest BCUT2D eigenvalue weighted by Gasteiger charge is -2.27. The van der Waals surface area contributed by atoms with E-state index in [-0.39, 0.29) is 23.5 Å². The van der Waals surface area contributed by atoms with Gasteiger partial charge in [-0.25, -0.2) is 0 Å². The Morgan fingerprint density at radius 2 is 1.94 bits per heavy atom. The van der Waals surface area contributed by atoms with Gasteiger partial charge in [-0.3, -0.25) is 19.3 Å². The first kappa shape index (κ1) is 23.7. The predicted molar refractivity (Wildman–Crippen MR) is 124 cm³/mol. The maximum Gasteiger partial charge on any atom is 0.294 e. The second kappa shape index (κ2) is 10.5. The average molecular weight is 511 g/mol. The Morgan fingerprint density at radius 1 is 1.23 bits per heavy atom. The van der Waals surface area contributed by atoms with Crippen molar-refractivity contribution < 1.29 is 23.9 Å². The Labute approximate surface area is 195 Å². The number of amides is 3. The molecule has 2 fully saturated rings. The molecular weight excluding hydrogens is 484 g/mol. The standard InChI is InChI=1S/C22H27BrN2O5S/c1-4-29-17-11-15(10-16(23)20(17)30-14(2)3)12-18-21(27)25(22(28)31-18)13-19(26)24-8-6-5-7-9-24/h10-12,14H,4-9,13H2,1-3H3/b18-12-. The number of ether oxygens (including phenoxy) is 2. The van der Waals surface area contributed by atoms with E-state index >= 15 is 0 Å². The Hall–Kier alpha value is -2.00. The molecule has 0 atom stereocenters. The van der Waals surface area contributed by atoms with Gasteiger partial charge >= 0.3 is 0 Å². The summed E-state index contributed by atoms with van der Waals surface area (Å²) < 4.78 is 12.2. The van der Waals surface area contributed by atoms with Crippen LogP contribution in [0.1, 0.15) is 45.6 Å². The lowest BCUT2D eigenvalue weighted by Crippen LogP contribution is -2.44. The summed E-state index contributed by atoms with van der Waals surface area (Å²) in [6, 6.07) is 3.59. The summed E-state index contributed by atoms with van der Waals surface area (Å²) in [5, 5.41) is -0.425. The van der Waals surface area contributed by atoms with Crippen LogP contribution in [0.15, 0.2) is 21.5 Å². The number of likely N-dealkylation sites (tertiary alicyclic amines) is 1. The lowest BCUT2D eigenvalue weighted by molar-refractivity contribution is -0.136. The van der Waals surface area contributed by atoms with Gasteiger partial charge in [0.05, 0.1) is 22.1 Å². The van der Waals surface area contributed by atoms with E-state index in [0.29, 0.717) is 41.2 Å². The van der Waals surface area contributed by atoms with Crippen molar-refractivity contribution in [3.8, 4) is 11.5 Å². The van der Waals surface area contributed by atoms with Crippen LogP contribution in [0, 0.1) is 0 Å². The van der Waals surface area contributed by atoms with Crippen LogP contribution in [0.5, 0.6) is 11.5 Å². The molecule has 0 bridgehead atoms. The van der Waals surface area contributed by atoms with Crippen molar-refractivity contribution in [2.45, 2.75) is 46.1 Å². The molecule has 2 heterocycles. The maximum absolute atomic E-state index is 12.8. The molecule has 0 aliphatic carbocycles. The van der Waals surface area contributed by atoms with Crippen molar-refractivity contribution in [1.82, 2.24) is 9.80 Å². The minimum absolute atomic E-state index is 0.0321. The van der Waals surface area contributed by atoms with E-state index in [0.717, 1.165) is 35.9 Å². The second-order valence-electron chi connectivity index (χ2n) is 7.64. The number of halogens is 1. The van der Waals surface area contributed by atoms with Crippen molar-refractivity contribution in [2.24, 2.45) is 0 Å². The topological polar surface area (TPSA) is 76.2 Å². The first-order chi connectivity index (χ1) is 14.8. The number of nitrogens with zero attached hydrogens (tertiary/aromatic N) is 2. The largest absolute Gasteiger partial charge is 0.490 e. The number of hydrogen-bond donors (Lipinski definition) is 0. The predicted octanol–water partition coefficient (Wildman–Crippen LogP) is 4.68. The molecule has 0 N–H and O–H groups in total. The maximum atomic E-state index is 12.8. The first-order valence-corrected chi connectivity index (χ1v) is 12.1. The molecule has 2 saturated heterocycles. The van der Waals surface area contributed by atoms with E-state index in [1.54, 1.807) is 17.0 Å². The van der Waals surface area contributed by atoms with Crippen LogP contribution in [0.25, 0.3) is 6.08 Å². The number of carbonyl (C=O) groups excluding carboxylic acids is 3. The minimum Gasteiger partial charge on any atom is -0.490 e. The number of carbonyl (C=O) groups is 3. The lowest BCUT2D eigenvalue weighted by atomic mass is 10.1. The van der Waals surface area contributed by atoms with E-state index < -0.39 is 11.1 Å². The molecule has 0 unspecified atom stereocenters. The monoisotopic (exact) mass is 510 g/mol. The summed E-state index contributed by atoms with van der Waals surface area (Å²) in [4.78, 5) is 40.8. The number of piperidine rings is 1. The van der Waals surface area contributed by atoms with Crippen molar-refractivity contribution in [3.63, 3.8) is 0 Å². The molecule has 31 heavy (non-hydrogen) atoms. The van der Waals surface area contributed by atoms with E-state index in [9.17, 15) is 14.4 Å². The number of hydrogen-bond acceptors (Lipinski definition) is 6. The van der Waals surface area contributed by atoms with Crippen molar-refractivity contribution >= 4 is 50.8 Å². The number of benzene rings is 1. The van der Waals surface area contributed by atoms with E-state index in [1.807, 2.05) is 26.8 Å². The van der Waals surface area contributed by atoms with Gasteiger partial charge in [-0.15, -0.1) is 0 Å². The molecular formula is C22H27BrN2O5S. The highest BCUT2D eigenvalue weighted by atomic mass is 79.9. The third-order valence-electron chi connectivity index (χ3n) is 4.86. The highest BCUT2D eigenvalue weighted by Gasteiger charge is 2.37. The van der Waals surface area contributed by atoms with Crippen LogP contribution < -0.4 is 9.47 Å². The fourth-order valence-electron chi connectivity index (χ4n) is 3.45. The van der Waals surface area contributed by atoms with Gasteiger partial charge in [-0.1, -0.05) is 0 Å². The summed E-state index contributed by atoms with van der Waals surface area (Å²) in [6.07, 6.45) is 4.63. The van der Waals surface area contributed by atoms with Crippen LogP contribution in [0.3, 0.4) is 0 Å². The molecule has 9 heteroatoms. The van der Waals surface area contributed by atoms with Crippen LogP contribution in [0.4, 0.5) is 4.79 Å². The molecule has 1 aromatic rings. The molecule has 2 aliphatic rings. The number of imide groups is 1. The SMILES string of the molecule is CCOc1cc(/C=C2\SC(=O)N(CC(=O)N3CCCCC3)C2=O)cc(Br)c1OC(C)C. The van der Waals surface area contributed by atoms with Gasteiger partial charge in [0.1, 0.15) is 6.54 Å². The van der Waals surface area contributed by atoms with Crippen LogP contribution >= 0.6 is 27.7 Å². The van der Waals surface area contributed by atoms with Gasteiger partial charge in [0.2, 0.25) is 5.91 Å². The molecule has 2 aliphatic heterocycles. The normalized spacial score (nSPS) is 18.3. The molecule has 0 radical (unpaired) electrons. The quantitative estimate of drug-likeness (QED) is 0.495. The summed E-state index contributed by atoms with van der Waals surface area (Å²) in [5.74, 6) is 0.516. The zero-order chi connectivity index (χ0) is 22.5. The molecule has 3 amide bonds. The van der Waals surface area contributed by atoms with Gasteiger partial charge in [0.15, 0.2) is 11.5 Å². The zero-order valence-electron chi connectivity index (χ0n) is 18.0. The zero-order valence-corrected chi connectivity index (χ0v) is 20.4. The Bertz CT molecular complexity index is 896. The fourth-order valence-corrected chi connectivity index (χ4v) is 4.84.